The van der Waals surface area contributed by atoms with E-state index in [1.165, 1.54) is 16.3 Å². The molecule has 3 rings (SSSR count). The van der Waals surface area contributed by atoms with Crippen molar-refractivity contribution in [3.63, 3.8) is 0 Å². The third-order valence-corrected chi connectivity index (χ3v) is 7.27. The first-order valence-electron chi connectivity index (χ1n) is 10.5. The van der Waals surface area contributed by atoms with Crippen LogP contribution in [0.3, 0.4) is 0 Å². The molecule has 1 aliphatic heterocycles. The van der Waals surface area contributed by atoms with Crippen LogP contribution in [0.4, 0.5) is 4.39 Å². The van der Waals surface area contributed by atoms with Gasteiger partial charge >= 0.3 is 5.97 Å². The van der Waals surface area contributed by atoms with Gasteiger partial charge in [0, 0.05) is 26.2 Å². The summed E-state index contributed by atoms with van der Waals surface area (Å²) in [4.78, 5) is 26.5. The molecule has 1 fully saturated rings. The van der Waals surface area contributed by atoms with Crippen molar-refractivity contribution in [2.24, 2.45) is 5.92 Å². The summed E-state index contributed by atoms with van der Waals surface area (Å²) in [5.74, 6) is -2.73. The summed E-state index contributed by atoms with van der Waals surface area (Å²) >= 11 is 0. The summed E-state index contributed by atoms with van der Waals surface area (Å²) in [5.41, 5.74) is 0.401. The second-order valence-electron chi connectivity index (χ2n) is 7.75. The molecule has 178 valence electrons. The summed E-state index contributed by atoms with van der Waals surface area (Å²) < 4.78 is 52.0. The average Bonchev–Trinajstić information content (AvgIpc) is 2.84. The Balaban J connectivity index is 1.94. The highest BCUT2D eigenvalue weighted by molar-refractivity contribution is 7.89. The van der Waals surface area contributed by atoms with E-state index >= 15 is 0 Å². The number of methoxy groups -OCH3 is 1. The van der Waals surface area contributed by atoms with Gasteiger partial charge in [0.1, 0.15) is 5.82 Å². The molecule has 0 saturated carbocycles. The lowest BCUT2D eigenvalue weighted by Gasteiger charge is -2.27. The molecule has 1 aliphatic rings. The van der Waals surface area contributed by atoms with E-state index in [-0.39, 0.29) is 49.9 Å². The average molecular weight is 479 g/mol. The van der Waals surface area contributed by atoms with Crippen LogP contribution in [0.1, 0.15) is 22.8 Å². The van der Waals surface area contributed by atoms with Crippen LogP contribution in [0.5, 0.6) is 0 Å². The van der Waals surface area contributed by atoms with E-state index in [0.29, 0.717) is 0 Å². The Kier molecular flexibility index (Phi) is 8.17. The van der Waals surface area contributed by atoms with Crippen LogP contribution in [0.2, 0.25) is 0 Å². The molecule has 0 bridgehead atoms. The number of halogens is 1. The zero-order valence-corrected chi connectivity index (χ0v) is 19.4. The van der Waals surface area contributed by atoms with Gasteiger partial charge in [0.15, 0.2) is 0 Å². The van der Waals surface area contributed by atoms with Crippen LogP contribution >= 0.6 is 0 Å². The van der Waals surface area contributed by atoms with Gasteiger partial charge in [-0.05, 0) is 23.8 Å². The van der Waals surface area contributed by atoms with Crippen LogP contribution in [-0.4, -0.2) is 69.5 Å². The first-order chi connectivity index (χ1) is 15.7. The van der Waals surface area contributed by atoms with E-state index in [4.69, 9.17) is 9.47 Å². The van der Waals surface area contributed by atoms with Crippen LogP contribution in [0.15, 0.2) is 53.4 Å². The van der Waals surface area contributed by atoms with Crippen LogP contribution in [0, 0.1) is 11.7 Å². The van der Waals surface area contributed by atoms with Gasteiger partial charge < -0.3 is 14.4 Å². The Labute approximate surface area is 192 Å². The van der Waals surface area contributed by atoms with Crippen molar-refractivity contribution >= 4 is 21.9 Å². The molecule has 0 N–H and O–H groups in total. The largest absolute Gasteiger partial charge is 0.469 e. The number of hydrogen-bond acceptors (Lipinski definition) is 6. The summed E-state index contributed by atoms with van der Waals surface area (Å²) in [6, 6.07) is 12.2. The molecule has 2 aromatic carbocycles. The summed E-state index contributed by atoms with van der Waals surface area (Å²) in [7, 11) is -2.67. The molecule has 0 aliphatic carbocycles. The number of sulfonamides is 1. The second-order valence-corrected chi connectivity index (χ2v) is 9.69. The molecular weight excluding hydrogens is 451 g/mol. The van der Waals surface area contributed by atoms with Crippen molar-refractivity contribution in [1.82, 2.24) is 9.21 Å². The molecule has 0 spiro atoms. The molecule has 8 nitrogen and oxygen atoms in total. The number of carbonyl (C=O) groups is 2. The first kappa shape index (κ1) is 24.8. The van der Waals surface area contributed by atoms with Gasteiger partial charge in [0.2, 0.25) is 10.0 Å². The molecule has 1 atom stereocenters. The third kappa shape index (κ3) is 5.95. The number of ether oxygens (including phenoxy) is 2. The van der Waals surface area contributed by atoms with Gasteiger partial charge in [0.05, 0.1) is 36.7 Å². The van der Waals surface area contributed by atoms with E-state index in [9.17, 15) is 22.4 Å². The number of carbonyl (C=O) groups excluding carboxylic acids is 2. The second kappa shape index (κ2) is 10.9. The topological polar surface area (TPSA) is 93.2 Å². The summed E-state index contributed by atoms with van der Waals surface area (Å²) in [5, 5.41) is 0. The van der Waals surface area contributed by atoms with Gasteiger partial charge in [0.25, 0.3) is 5.91 Å². The van der Waals surface area contributed by atoms with Crippen molar-refractivity contribution in [3.8, 4) is 0 Å². The number of hydrogen-bond donors (Lipinski definition) is 0. The maximum atomic E-state index is 14.7. The van der Waals surface area contributed by atoms with Gasteiger partial charge in [-0.2, -0.15) is 4.31 Å². The number of nitrogens with zero attached hydrogens (tertiary/aromatic N) is 2. The van der Waals surface area contributed by atoms with Crippen molar-refractivity contribution < 1.29 is 31.9 Å². The van der Waals surface area contributed by atoms with E-state index in [0.717, 1.165) is 23.8 Å². The monoisotopic (exact) mass is 478 g/mol. The highest BCUT2D eigenvalue weighted by Gasteiger charge is 2.30. The minimum atomic E-state index is -3.92. The molecular formula is C23H27FN2O6S. The SMILES string of the molecule is COC(=O)C(C)CN(Cc1ccccc1)C(=O)c1cc(S(=O)(=O)N2CCOCC2)ccc1F. The normalized spacial score (nSPS) is 15.6. The molecule has 2 aromatic rings. The number of rotatable bonds is 8. The van der Waals surface area contributed by atoms with Gasteiger partial charge in [-0.3, -0.25) is 9.59 Å². The van der Waals surface area contributed by atoms with Crippen molar-refractivity contribution in [3.05, 3.63) is 65.5 Å². The Hall–Kier alpha value is -2.82. The Morgan fingerprint density at radius 2 is 1.82 bits per heavy atom. The molecule has 1 amide bonds. The predicted octanol–water partition coefficient (Wildman–Crippen LogP) is 2.30. The lowest BCUT2D eigenvalue weighted by atomic mass is 10.1. The number of esters is 1. The number of amides is 1. The fraction of sp³-hybridized carbons (Fsp3) is 0.391. The minimum Gasteiger partial charge on any atom is -0.469 e. The minimum absolute atomic E-state index is 0.0275. The van der Waals surface area contributed by atoms with Gasteiger partial charge in [-0.15, -0.1) is 0 Å². The lowest BCUT2D eigenvalue weighted by Crippen LogP contribution is -2.41. The molecule has 1 saturated heterocycles. The summed E-state index contributed by atoms with van der Waals surface area (Å²) in [6.07, 6.45) is 0. The van der Waals surface area contributed by atoms with Gasteiger partial charge in [-0.1, -0.05) is 37.3 Å². The molecule has 33 heavy (non-hydrogen) atoms. The standard InChI is InChI=1S/C23H27FN2O6S/c1-17(23(28)31-2)15-25(16-18-6-4-3-5-7-18)22(27)20-14-19(8-9-21(20)24)33(29,30)26-10-12-32-13-11-26/h3-9,14,17H,10-13,15-16H2,1-2H3. The highest BCUT2D eigenvalue weighted by atomic mass is 32.2. The molecule has 1 unspecified atom stereocenters. The Morgan fingerprint density at radius 1 is 1.15 bits per heavy atom. The molecule has 0 radical (unpaired) electrons. The van der Waals surface area contributed by atoms with Crippen LogP contribution in [0.25, 0.3) is 0 Å². The number of morpholine rings is 1. The maximum absolute atomic E-state index is 14.7. The van der Waals surface area contributed by atoms with Crippen molar-refractivity contribution in [1.29, 1.82) is 0 Å². The number of benzene rings is 2. The fourth-order valence-corrected chi connectivity index (χ4v) is 5.00. The maximum Gasteiger partial charge on any atom is 0.310 e. The third-order valence-electron chi connectivity index (χ3n) is 5.38. The summed E-state index contributed by atoms with van der Waals surface area (Å²) in [6.45, 7) is 2.58. The van der Waals surface area contributed by atoms with E-state index in [2.05, 4.69) is 0 Å². The fourth-order valence-electron chi connectivity index (χ4n) is 3.56. The zero-order valence-electron chi connectivity index (χ0n) is 18.6. The van der Waals surface area contributed by atoms with Crippen LogP contribution in [-0.2, 0) is 30.8 Å². The quantitative estimate of drug-likeness (QED) is 0.541. The van der Waals surface area contributed by atoms with Crippen molar-refractivity contribution in [2.75, 3.05) is 40.0 Å². The van der Waals surface area contributed by atoms with E-state index in [1.54, 1.807) is 31.2 Å². The molecule has 0 aromatic heterocycles. The van der Waals surface area contributed by atoms with Gasteiger partial charge in [-0.25, -0.2) is 12.8 Å². The Morgan fingerprint density at radius 3 is 2.45 bits per heavy atom. The lowest BCUT2D eigenvalue weighted by molar-refractivity contribution is -0.145. The highest BCUT2D eigenvalue weighted by Crippen LogP contribution is 2.22. The van der Waals surface area contributed by atoms with Crippen LogP contribution < -0.4 is 0 Å². The first-order valence-corrected chi connectivity index (χ1v) is 12.0. The Bertz CT molecular complexity index is 1090. The zero-order chi connectivity index (χ0) is 24.0. The van der Waals surface area contributed by atoms with E-state index in [1.807, 2.05) is 6.07 Å². The van der Waals surface area contributed by atoms with Crippen molar-refractivity contribution in [2.45, 2.75) is 18.4 Å². The van der Waals surface area contributed by atoms with E-state index < -0.39 is 33.6 Å². The molecule has 10 heteroatoms. The predicted molar refractivity (Wildman–Crippen MR) is 118 cm³/mol. The smallest absolute Gasteiger partial charge is 0.310 e. The molecule has 1 heterocycles.